The molecule has 20 heavy (non-hydrogen) atoms. The van der Waals surface area contributed by atoms with Crippen LogP contribution < -0.4 is 5.32 Å². The quantitative estimate of drug-likeness (QED) is 0.857. The molecule has 1 aliphatic heterocycles. The van der Waals surface area contributed by atoms with E-state index in [4.69, 9.17) is 5.11 Å². The molecule has 1 aromatic rings. The molecule has 6 heteroatoms. The molecule has 0 aliphatic carbocycles. The Kier molecular flexibility index (Phi) is 5.14. The minimum Gasteiger partial charge on any atom is -0.480 e. The van der Waals surface area contributed by atoms with Crippen molar-refractivity contribution in [2.24, 2.45) is 0 Å². The summed E-state index contributed by atoms with van der Waals surface area (Å²) in [7, 11) is 0. The summed E-state index contributed by atoms with van der Waals surface area (Å²) >= 11 is 3.41. The van der Waals surface area contributed by atoms with Crippen molar-refractivity contribution in [2.75, 3.05) is 19.6 Å². The Balaban J connectivity index is 2.20. The maximum Gasteiger partial charge on any atom is 0.322 e. The van der Waals surface area contributed by atoms with Gasteiger partial charge in [0.2, 0.25) is 5.91 Å². The maximum absolute atomic E-state index is 12.3. The Morgan fingerprint density at radius 2 is 2.05 bits per heavy atom. The Bertz CT molecular complexity index is 501. The van der Waals surface area contributed by atoms with Gasteiger partial charge in [0.05, 0.1) is 0 Å². The van der Waals surface area contributed by atoms with Gasteiger partial charge in [0.25, 0.3) is 0 Å². The summed E-state index contributed by atoms with van der Waals surface area (Å²) in [4.78, 5) is 25.0. The zero-order valence-electron chi connectivity index (χ0n) is 11.0. The van der Waals surface area contributed by atoms with E-state index >= 15 is 0 Å². The first-order chi connectivity index (χ1) is 9.58. The van der Waals surface area contributed by atoms with Crippen LogP contribution in [0.2, 0.25) is 0 Å². The topological polar surface area (TPSA) is 69.6 Å². The van der Waals surface area contributed by atoms with Crippen LogP contribution in [-0.2, 0) is 9.59 Å². The van der Waals surface area contributed by atoms with Gasteiger partial charge in [-0.2, -0.15) is 0 Å². The molecule has 1 saturated heterocycles. The van der Waals surface area contributed by atoms with Gasteiger partial charge in [0.1, 0.15) is 12.6 Å². The van der Waals surface area contributed by atoms with E-state index < -0.39 is 12.0 Å². The van der Waals surface area contributed by atoms with Crippen LogP contribution in [0.4, 0.5) is 0 Å². The molecule has 1 aromatic carbocycles. The van der Waals surface area contributed by atoms with Crippen LogP contribution in [-0.4, -0.2) is 41.5 Å². The third kappa shape index (κ3) is 3.80. The second-order valence-electron chi connectivity index (χ2n) is 4.81. The van der Waals surface area contributed by atoms with Gasteiger partial charge in [-0.15, -0.1) is 0 Å². The lowest BCUT2D eigenvalue weighted by Crippen LogP contribution is -2.41. The minimum absolute atomic E-state index is 0.257. The standard InChI is InChI=1S/C14H17BrN2O3/c15-11-5-3-4-10(8-11)13(17-6-1-2-7-17)14(20)16-9-12(18)19/h3-5,8,13H,1-2,6-7,9H2,(H,16,20)(H,18,19). The van der Waals surface area contributed by atoms with E-state index in [9.17, 15) is 9.59 Å². The van der Waals surface area contributed by atoms with Gasteiger partial charge in [0.15, 0.2) is 0 Å². The Morgan fingerprint density at radius 3 is 2.65 bits per heavy atom. The number of nitrogens with one attached hydrogen (secondary N) is 1. The summed E-state index contributed by atoms with van der Waals surface area (Å²) in [5.41, 5.74) is 0.879. The van der Waals surface area contributed by atoms with Crippen molar-refractivity contribution in [1.82, 2.24) is 10.2 Å². The summed E-state index contributed by atoms with van der Waals surface area (Å²) in [6.45, 7) is 1.37. The molecular weight excluding hydrogens is 324 g/mol. The van der Waals surface area contributed by atoms with Crippen molar-refractivity contribution in [3.05, 3.63) is 34.3 Å². The number of aliphatic carboxylic acids is 1. The van der Waals surface area contributed by atoms with E-state index in [1.807, 2.05) is 24.3 Å². The predicted octanol–water partition coefficient (Wildman–Crippen LogP) is 1.79. The van der Waals surface area contributed by atoms with Crippen molar-refractivity contribution in [3.8, 4) is 0 Å². The first-order valence-corrected chi connectivity index (χ1v) is 7.36. The first-order valence-electron chi connectivity index (χ1n) is 6.57. The molecule has 1 atom stereocenters. The van der Waals surface area contributed by atoms with Crippen molar-refractivity contribution in [2.45, 2.75) is 18.9 Å². The van der Waals surface area contributed by atoms with E-state index in [-0.39, 0.29) is 12.5 Å². The molecule has 1 unspecified atom stereocenters. The highest BCUT2D eigenvalue weighted by Crippen LogP contribution is 2.27. The zero-order valence-corrected chi connectivity index (χ0v) is 12.6. The van der Waals surface area contributed by atoms with E-state index in [1.54, 1.807) is 0 Å². The van der Waals surface area contributed by atoms with Gasteiger partial charge >= 0.3 is 5.97 Å². The van der Waals surface area contributed by atoms with E-state index in [1.165, 1.54) is 0 Å². The summed E-state index contributed by atoms with van der Waals surface area (Å²) in [6, 6.07) is 7.17. The van der Waals surface area contributed by atoms with Crippen LogP contribution in [0.1, 0.15) is 24.4 Å². The summed E-state index contributed by atoms with van der Waals surface area (Å²) in [5.74, 6) is -1.29. The molecule has 1 amide bonds. The van der Waals surface area contributed by atoms with E-state index in [0.717, 1.165) is 36.0 Å². The van der Waals surface area contributed by atoms with Gasteiger partial charge in [-0.05, 0) is 43.6 Å². The van der Waals surface area contributed by atoms with Crippen molar-refractivity contribution < 1.29 is 14.7 Å². The van der Waals surface area contributed by atoms with Gasteiger partial charge in [0, 0.05) is 4.47 Å². The van der Waals surface area contributed by atoms with Gasteiger partial charge in [-0.25, -0.2) is 0 Å². The smallest absolute Gasteiger partial charge is 0.322 e. The second kappa shape index (κ2) is 6.85. The lowest BCUT2D eigenvalue weighted by atomic mass is 10.0. The lowest BCUT2D eigenvalue weighted by molar-refractivity contribution is -0.138. The summed E-state index contributed by atoms with van der Waals surface area (Å²) in [6.07, 6.45) is 2.13. The lowest BCUT2D eigenvalue weighted by Gasteiger charge is -2.26. The van der Waals surface area contributed by atoms with Crippen molar-refractivity contribution in [1.29, 1.82) is 0 Å². The molecule has 2 rings (SSSR count). The third-order valence-corrected chi connectivity index (χ3v) is 3.83. The average molecular weight is 341 g/mol. The largest absolute Gasteiger partial charge is 0.480 e. The normalized spacial score (nSPS) is 16.9. The number of hydrogen-bond donors (Lipinski definition) is 2. The molecule has 0 radical (unpaired) electrons. The molecule has 1 aliphatic rings. The van der Waals surface area contributed by atoms with Gasteiger partial charge < -0.3 is 10.4 Å². The number of carboxylic acids is 1. The number of nitrogens with zero attached hydrogens (tertiary/aromatic N) is 1. The molecule has 108 valence electrons. The van der Waals surface area contributed by atoms with Gasteiger partial charge in [-0.1, -0.05) is 28.1 Å². The number of rotatable bonds is 5. The number of carbonyl (C=O) groups excluding carboxylic acids is 1. The highest BCUT2D eigenvalue weighted by molar-refractivity contribution is 9.10. The van der Waals surface area contributed by atoms with Gasteiger partial charge in [-0.3, -0.25) is 14.5 Å². The predicted molar refractivity (Wildman–Crippen MR) is 78.3 cm³/mol. The summed E-state index contributed by atoms with van der Waals surface area (Å²) < 4.78 is 0.908. The average Bonchev–Trinajstić information content (AvgIpc) is 2.90. The molecule has 5 nitrogen and oxygen atoms in total. The highest BCUT2D eigenvalue weighted by Gasteiger charge is 2.29. The molecular formula is C14H17BrN2O3. The molecule has 0 aromatic heterocycles. The number of hydrogen-bond acceptors (Lipinski definition) is 3. The molecule has 1 fully saturated rings. The van der Waals surface area contributed by atoms with Crippen molar-refractivity contribution in [3.63, 3.8) is 0 Å². The Hall–Kier alpha value is -1.40. The molecule has 2 N–H and O–H groups in total. The molecule has 0 spiro atoms. The van der Waals surface area contributed by atoms with E-state index in [0.29, 0.717) is 0 Å². The van der Waals surface area contributed by atoms with Crippen molar-refractivity contribution >= 4 is 27.8 Å². The fraction of sp³-hybridized carbons (Fsp3) is 0.429. The van der Waals surface area contributed by atoms with Crippen LogP contribution in [0.5, 0.6) is 0 Å². The van der Waals surface area contributed by atoms with Crippen LogP contribution in [0.15, 0.2) is 28.7 Å². The monoisotopic (exact) mass is 340 g/mol. The number of likely N-dealkylation sites (tertiary alicyclic amines) is 1. The number of amides is 1. The number of carboxylic acid groups (broad SMARTS) is 1. The fourth-order valence-corrected chi connectivity index (χ4v) is 2.88. The van der Waals surface area contributed by atoms with Crippen LogP contribution in [0, 0.1) is 0 Å². The second-order valence-corrected chi connectivity index (χ2v) is 5.73. The minimum atomic E-state index is -1.03. The zero-order chi connectivity index (χ0) is 14.5. The van der Waals surface area contributed by atoms with Crippen LogP contribution >= 0.6 is 15.9 Å². The third-order valence-electron chi connectivity index (χ3n) is 3.33. The summed E-state index contributed by atoms with van der Waals surface area (Å²) in [5, 5.41) is 11.2. The number of benzene rings is 1. The number of carbonyl (C=O) groups is 2. The SMILES string of the molecule is O=C(O)CNC(=O)C(c1cccc(Br)c1)N1CCCC1. The van der Waals surface area contributed by atoms with Crippen LogP contribution in [0.3, 0.4) is 0 Å². The van der Waals surface area contributed by atoms with E-state index in [2.05, 4.69) is 26.1 Å². The molecule has 1 heterocycles. The maximum atomic E-state index is 12.3. The Labute approximate surface area is 126 Å². The number of halogens is 1. The highest BCUT2D eigenvalue weighted by atomic mass is 79.9. The molecule has 0 saturated carbocycles. The van der Waals surface area contributed by atoms with Crippen LogP contribution in [0.25, 0.3) is 0 Å². The molecule has 0 bridgehead atoms. The Morgan fingerprint density at radius 1 is 1.35 bits per heavy atom. The first kappa shape index (κ1) is 15.0. The fourth-order valence-electron chi connectivity index (χ4n) is 2.46.